The third-order valence-corrected chi connectivity index (χ3v) is 3.25. The standard InChI is InChI=1S/C16H16N2O/c1-11-8-9-14-17-15(13-6-4-3-5-7-13)16(12(2)19)18(14)10-11/h3-10,12,19H,1-2H3. The summed E-state index contributed by atoms with van der Waals surface area (Å²) in [5, 5.41) is 10.1. The van der Waals surface area contributed by atoms with Gasteiger partial charge in [-0.25, -0.2) is 4.98 Å². The highest BCUT2D eigenvalue weighted by Crippen LogP contribution is 2.28. The van der Waals surface area contributed by atoms with E-state index in [1.807, 2.05) is 60.0 Å². The van der Waals surface area contributed by atoms with Gasteiger partial charge in [-0.15, -0.1) is 0 Å². The molecule has 1 aromatic carbocycles. The van der Waals surface area contributed by atoms with E-state index in [0.717, 1.165) is 28.2 Å². The van der Waals surface area contributed by atoms with Gasteiger partial charge in [-0.3, -0.25) is 0 Å². The Hall–Kier alpha value is -2.13. The maximum atomic E-state index is 10.1. The number of aryl methyl sites for hydroxylation is 1. The molecular formula is C16H16N2O. The van der Waals surface area contributed by atoms with Crippen molar-refractivity contribution in [3.63, 3.8) is 0 Å². The molecule has 96 valence electrons. The predicted octanol–water partition coefficient (Wildman–Crippen LogP) is 3.36. The number of nitrogens with zero attached hydrogens (tertiary/aromatic N) is 2. The van der Waals surface area contributed by atoms with E-state index in [9.17, 15) is 5.11 Å². The molecule has 3 nitrogen and oxygen atoms in total. The van der Waals surface area contributed by atoms with Crippen molar-refractivity contribution in [1.29, 1.82) is 0 Å². The van der Waals surface area contributed by atoms with Crippen LogP contribution in [-0.2, 0) is 0 Å². The molecule has 2 heterocycles. The number of hydrogen-bond donors (Lipinski definition) is 1. The van der Waals surface area contributed by atoms with Crippen molar-refractivity contribution in [1.82, 2.24) is 9.38 Å². The molecule has 0 fully saturated rings. The summed E-state index contributed by atoms with van der Waals surface area (Å²) in [6.45, 7) is 3.81. The molecule has 3 heteroatoms. The van der Waals surface area contributed by atoms with E-state index in [2.05, 4.69) is 4.98 Å². The smallest absolute Gasteiger partial charge is 0.137 e. The molecule has 0 saturated heterocycles. The number of aromatic nitrogens is 2. The third-order valence-electron chi connectivity index (χ3n) is 3.25. The van der Waals surface area contributed by atoms with Gasteiger partial charge in [-0.1, -0.05) is 36.4 Å². The van der Waals surface area contributed by atoms with Crippen LogP contribution in [0.2, 0.25) is 0 Å². The van der Waals surface area contributed by atoms with Crippen molar-refractivity contribution in [2.75, 3.05) is 0 Å². The Bertz CT molecular complexity index is 714. The molecule has 0 aliphatic heterocycles. The normalized spacial score (nSPS) is 12.8. The summed E-state index contributed by atoms with van der Waals surface area (Å²) < 4.78 is 1.97. The second kappa shape index (κ2) is 4.52. The zero-order valence-corrected chi connectivity index (χ0v) is 11.0. The van der Waals surface area contributed by atoms with Gasteiger partial charge in [0.05, 0.1) is 17.5 Å². The molecule has 0 radical (unpaired) electrons. The number of aliphatic hydroxyl groups excluding tert-OH is 1. The summed E-state index contributed by atoms with van der Waals surface area (Å²) in [4.78, 5) is 4.65. The highest BCUT2D eigenvalue weighted by atomic mass is 16.3. The lowest BCUT2D eigenvalue weighted by Crippen LogP contribution is -1.99. The maximum absolute atomic E-state index is 10.1. The van der Waals surface area contributed by atoms with E-state index in [1.54, 1.807) is 6.92 Å². The summed E-state index contributed by atoms with van der Waals surface area (Å²) in [5.74, 6) is 0. The molecule has 0 spiro atoms. The van der Waals surface area contributed by atoms with Crippen LogP contribution < -0.4 is 0 Å². The summed E-state index contributed by atoms with van der Waals surface area (Å²) in [5.41, 5.74) is 4.72. The number of aliphatic hydroxyl groups is 1. The highest BCUT2D eigenvalue weighted by Gasteiger charge is 2.17. The first-order valence-corrected chi connectivity index (χ1v) is 6.39. The van der Waals surface area contributed by atoms with E-state index >= 15 is 0 Å². The Morgan fingerprint density at radius 1 is 1.11 bits per heavy atom. The Balaban J connectivity index is 2.33. The fourth-order valence-electron chi connectivity index (χ4n) is 2.38. The Morgan fingerprint density at radius 3 is 2.53 bits per heavy atom. The Morgan fingerprint density at radius 2 is 1.84 bits per heavy atom. The molecular weight excluding hydrogens is 236 g/mol. The van der Waals surface area contributed by atoms with Gasteiger partial charge in [-0.05, 0) is 25.5 Å². The summed E-state index contributed by atoms with van der Waals surface area (Å²) >= 11 is 0. The van der Waals surface area contributed by atoms with Crippen molar-refractivity contribution in [2.24, 2.45) is 0 Å². The predicted molar refractivity (Wildman–Crippen MR) is 76.0 cm³/mol. The Kier molecular flexibility index (Phi) is 2.84. The van der Waals surface area contributed by atoms with Crippen LogP contribution in [-0.4, -0.2) is 14.5 Å². The van der Waals surface area contributed by atoms with Gasteiger partial charge in [0.15, 0.2) is 0 Å². The molecule has 1 unspecified atom stereocenters. The SMILES string of the molecule is Cc1ccc2nc(-c3ccccc3)c(C(C)O)n2c1. The number of benzene rings is 1. The van der Waals surface area contributed by atoms with Crippen LogP contribution >= 0.6 is 0 Å². The number of imidazole rings is 1. The van der Waals surface area contributed by atoms with Crippen molar-refractivity contribution in [3.05, 3.63) is 59.9 Å². The molecule has 19 heavy (non-hydrogen) atoms. The minimum absolute atomic E-state index is 0.563. The molecule has 0 amide bonds. The minimum Gasteiger partial charge on any atom is -0.387 e. The molecule has 1 atom stereocenters. The number of rotatable bonds is 2. The fourth-order valence-corrected chi connectivity index (χ4v) is 2.38. The van der Waals surface area contributed by atoms with Crippen LogP contribution in [0.4, 0.5) is 0 Å². The zero-order chi connectivity index (χ0) is 13.4. The molecule has 3 aromatic rings. The largest absolute Gasteiger partial charge is 0.387 e. The Labute approximate surface area is 112 Å². The second-order valence-corrected chi connectivity index (χ2v) is 4.82. The van der Waals surface area contributed by atoms with Crippen LogP contribution in [0.1, 0.15) is 24.3 Å². The third kappa shape index (κ3) is 2.02. The average Bonchev–Trinajstić information content (AvgIpc) is 2.78. The van der Waals surface area contributed by atoms with Crippen LogP contribution in [0.15, 0.2) is 48.7 Å². The monoisotopic (exact) mass is 252 g/mol. The van der Waals surface area contributed by atoms with E-state index in [0.29, 0.717) is 0 Å². The van der Waals surface area contributed by atoms with Crippen LogP contribution in [0.25, 0.3) is 16.9 Å². The van der Waals surface area contributed by atoms with Gasteiger partial charge in [0.2, 0.25) is 0 Å². The van der Waals surface area contributed by atoms with Crippen molar-refractivity contribution in [3.8, 4) is 11.3 Å². The summed E-state index contributed by atoms with van der Waals surface area (Å²) in [6, 6.07) is 14.0. The molecule has 2 aromatic heterocycles. The second-order valence-electron chi connectivity index (χ2n) is 4.82. The first kappa shape index (κ1) is 11.9. The number of pyridine rings is 1. The first-order valence-electron chi connectivity index (χ1n) is 6.39. The van der Waals surface area contributed by atoms with Gasteiger partial charge >= 0.3 is 0 Å². The fraction of sp³-hybridized carbons (Fsp3) is 0.188. The van der Waals surface area contributed by atoms with Gasteiger partial charge in [-0.2, -0.15) is 0 Å². The first-order chi connectivity index (χ1) is 9.16. The molecule has 1 N–H and O–H groups in total. The summed E-state index contributed by atoms with van der Waals surface area (Å²) in [7, 11) is 0. The van der Waals surface area contributed by atoms with Crippen LogP contribution in [0.3, 0.4) is 0 Å². The lowest BCUT2D eigenvalue weighted by atomic mass is 10.1. The van der Waals surface area contributed by atoms with Crippen molar-refractivity contribution in [2.45, 2.75) is 20.0 Å². The topological polar surface area (TPSA) is 37.5 Å². The quantitative estimate of drug-likeness (QED) is 0.759. The maximum Gasteiger partial charge on any atom is 0.137 e. The van der Waals surface area contributed by atoms with Crippen LogP contribution in [0, 0.1) is 6.92 Å². The highest BCUT2D eigenvalue weighted by molar-refractivity contribution is 5.67. The van der Waals surface area contributed by atoms with E-state index in [-0.39, 0.29) is 0 Å². The average molecular weight is 252 g/mol. The van der Waals surface area contributed by atoms with Gasteiger partial charge in [0.1, 0.15) is 5.65 Å². The lowest BCUT2D eigenvalue weighted by molar-refractivity contribution is 0.194. The molecule has 0 aliphatic rings. The van der Waals surface area contributed by atoms with Crippen LogP contribution in [0.5, 0.6) is 0 Å². The molecule has 0 aliphatic carbocycles. The molecule has 0 saturated carbocycles. The van der Waals surface area contributed by atoms with Crippen molar-refractivity contribution < 1.29 is 5.11 Å². The summed E-state index contributed by atoms with van der Waals surface area (Å²) in [6.07, 6.45) is 1.45. The van der Waals surface area contributed by atoms with Gasteiger partial charge in [0, 0.05) is 11.8 Å². The van der Waals surface area contributed by atoms with Gasteiger partial charge < -0.3 is 9.51 Å². The molecule has 0 bridgehead atoms. The number of hydrogen-bond acceptors (Lipinski definition) is 2. The van der Waals surface area contributed by atoms with E-state index < -0.39 is 6.10 Å². The number of fused-ring (bicyclic) bond motifs is 1. The van der Waals surface area contributed by atoms with E-state index in [4.69, 9.17) is 0 Å². The lowest BCUT2D eigenvalue weighted by Gasteiger charge is -2.08. The van der Waals surface area contributed by atoms with Gasteiger partial charge in [0.25, 0.3) is 0 Å². The minimum atomic E-state index is -0.563. The zero-order valence-electron chi connectivity index (χ0n) is 11.0. The van der Waals surface area contributed by atoms with E-state index in [1.165, 1.54) is 0 Å². The van der Waals surface area contributed by atoms with Crippen molar-refractivity contribution >= 4 is 5.65 Å². The molecule has 3 rings (SSSR count).